The quantitative estimate of drug-likeness (QED) is 0.254. The van der Waals surface area contributed by atoms with E-state index in [9.17, 15) is 9.18 Å². The predicted octanol–water partition coefficient (Wildman–Crippen LogP) is 7.78. The van der Waals surface area contributed by atoms with Crippen LogP contribution in [0.3, 0.4) is 0 Å². The second-order valence-electron chi connectivity index (χ2n) is 9.24. The van der Waals surface area contributed by atoms with Gasteiger partial charge in [0.15, 0.2) is 0 Å². The zero-order valence-corrected chi connectivity index (χ0v) is 20.9. The summed E-state index contributed by atoms with van der Waals surface area (Å²) in [6.07, 6.45) is 1.77. The first kappa shape index (κ1) is 24.2. The van der Waals surface area contributed by atoms with E-state index in [2.05, 4.69) is 28.7 Å². The van der Waals surface area contributed by atoms with Gasteiger partial charge in [0.1, 0.15) is 5.82 Å². The lowest BCUT2D eigenvalue weighted by Crippen LogP contribution is -2.17. The van der Waals surface area contributed by atoms with Gasteiger partial charge in [-0.3, -0.25) is 9.78 Å². The van der Waals surface area contributed by atoms with Crippen molar-refractivity contribution in [1.29, 1.82) is 0 Å². The molecule has 2 aromatic heterocycles. The van der Waals surface area contributed by atoms with E-state index in [0.717, 1.165) is 39.5 Å². The monoisotopic (exact) mass is 489 g/mol. The summed E-state index contributed by atoms with van der Waals surface area (Å²) in [5, 5.41) is 3.10. The molecule has 5 aromatic rings. The maximum Gasteiger partial charge on any atom is 0.258 e. The normalized spacial score (nSPS) is 11.0. The maximum atomic E-state index is 14.0. The molecule has 0 saturated heterocycles. The Kier molecular flexibility index (Phi) is 6.95. The van der Waals surface area contributed by atoms with Gasteiger partial charge in [-0.25, -0.2) is 4.39 Å². The van der Waals surface area contributed by atoms with Crippen molar-refractivity contribution in [1.82, 2.24) is 9.55 Å². The van der Waals surface area contributed by atoms with Gasteiger partial charge in [0.2, 0.25) is 0 Å². The van der Waals surface area contributed by atoms with E-state index in [1.807, 2.05) is 78.9 Å². The van der Waals surface area contributed by atoms with Gasteiger partial charge >= 0.3 is 0 Å². The van der Waals surface area contributed by atoms with Gasteiger partial charge in [-0.15, -0.1) is 0 Å². The minimum atomic E-state index is -0.307. The molecule has 0 fully saturated rings. The molecule has 5 heteroatoms. The average molecular weight is 490 g/mol. The van der Waals surface area contributed by atoms with Crippen LogP contribution < -0.4 is 5.32 Å². The Morgan fingerprint density at radius 2 is 1.49 bits per heavy atom. The Balaban J connectivity index is 1.82. The van der Waals surface area contributed by atoms with Gasteiger partial charge < -0.3 is 9.88 Å². The van der Waals surface area contributed by atoms with Gasteiger partial charge in [-0.1, -0.05) is 68.4 Å². The highest BCUT2D eigenvalue weighted by molar-refractivity contribution is 6.12. The number of pyridine rings is 1. The predicted molar refractivity (Wildman–Crippen MR) is 147 cm³/mol. The van der Waals surface area contributed by atoms with Crippen LogP contribution in [-0.2, 0) is 6.54 Å². The number of nitrogens with one attached hydrogen (secondary N) is 1. The molecule has 4 nitrogen and oxygen atoms in total. The van der Waals surface area contributed by atoms with Crippen LogP contribution in [0, 0.1) is 5.82 Å². The number of carbonyl (C=O) groups is 1. The van der Waals surface area contributed by atoms with Gasteiger partial charge in [0.25, 0.3) is 5.91 Å². The topological polar surface area (TPSA) is 46.9 Å². The molecule has 0 spiro atoms. The van der Waals surface area contributed by atoms with Crippen molar-refractivity contribution in [2.75, 3.05) is 5.32 Å². The molecule has 0 aliphatic heterocycles. The number of halogens is 1. The molecule has 3 aromatic carbocycles. The molecule has 0 unspecified atom stereocenters. The van der Waals surface area contributed by atoms with Crippen LogP contribution in [0.5, 0.6) is 0 Å². The average Bonchev–Trinajstić information content (AvgIpc) is 3.26. The number of hydrogen-bond donors (Lipinski definition) is 1. The van der Waals surface area contributed by atoms with Crippen molar-refractivity contribution in [3.05, 3.63) is 132 Å². The zero-order valence-electron chi connectivity index (χ0n) is 20.9. The first-order valence-corrected chi connectivity index (χ1v) is 12.4. The van der Waals surface area contributed by atoms with Crippen molar-refractivity contribution in [2.45, 2.75) is 26.3 Å². The molecule has 2 heterocycles. The number of hydrogen-bond acceptors (Lipinski definition) is 2. The Morgan fingerprint density at radius 3 is 2.11 bits per heavy atom. The van der Waals surface area contributed by atoms with Gasteiger partial charge in [-0.2, -0.15) is 0 Å². The summed E-state index contributed by atoms with van der Waals surface area (Å²) < 4.78 is 16.1. The van der Waals surface area contributed by atoms with E-state index in [-0.39, 0.29) is 17.6 Å². The molecule has 5 rings (SSSR count). The zero-order chi connectivity index (χ0) is 25.8. The van der Waals surface area contributed by atoms with Crippen molar-refractivity contribution < 1.29 is 9.18 Å². The van der Waals surface area contributed by atoms with Gasteiger partial charge in [0.05, 0.1) is 23.5 Å². The van der Waals surface area contributed by atoms with Crippen LogP contribution in [0.25, 0.3) is 22.4 Å². The highest BCUT2D eigenvalue weighted by Gasteiger charge is 2.30. The van der Waals surface area contributed by atoms with Crippen molar-refractivity contribution in [2.24, 2.45) is 0 Å². The number of nitrogens with zero attached hydrogens (tertiary/aromatic N) is 2. The number of anilines is 1. The number of carbonyl (C=O) groups excluding carboxylic acids is 1. The number of rotatable bonds is 7. The first-order valence-electron chi connectivity index (χ1n) is 12.4. The first-order chi connectivity index (χ1) is 18.0. The summed E-state index contributed by atoms with van der Waals surface area (Å²) in [5.41, 5.74) is 6.54. The standard InChI is InChI=1S/C32H28FN3O/c1-22(2)30-29(32(37)35-26-13-7-4-8-14-26)28(23-11-5-3-6-12-23)31(24-16-18-25(33)19-17-24)36(30)21-27-15-9-10-20-34-27/h3-20,22H,21H2,1-2H3,(H,35,37). The van der Waals surface area contributed by atoms with Crippen LogP contribution in [0.1, 0.15) is 41.5 Å². The van der Waals surface area contributed by atoms with E-state index in [1.165, 1.54) is 12.1 Å². The molecule has 1 amide bonds. The van der Waals surface area contributed by atoms with E-state index >= 15 is 0 Å². The molecule has 37 heavy (non-hydrogen) atoms. The molecular formula is C32H28FN3O. The Hall–Kier alpha value is -4.51. The molecule has 0 bridgehead atoms. The van der Waals surface area contributed by atoms with Gasteiger partial charge in [-0.05, 0) is 65.6 Å². The molecule has 0 radical (unpaired) electrons. The van der Waals surface area contributed by atoms with E-state index < -0.39 is 0 Å². The van der Waals surface area contributed by atoms with E-state index in [1.54, 1.807) is 18.3 Å². The number of benzene rings is 3. The lowest BCUT2D eigenvalue weighted by molar-refractivity contribution is 0.102. The van der Waals surface area contributed by atoms with Crippen LogP contribution in [-0.4, -0.2) is 15.5 Å². The van der Waals surface area contributed by atoms with Crippen LogP contribution in [0.2, 0.25) is 0 Å². The smallest absolute Gasteiger partial charge is 0.258 e. The number of amides is 1. The van der Waals surface area contributed by atoms with Crippen LogP contribution in [0.15, 0.2) is 109 Å². The Bertz CT molecular complexity index is 1490. The third-order valence-corrected chi connectivity index (χ3v) is 6.34. The number of aromatic nitrogens is 2. The highest BCUT2D eigenvalue weighted by Crippen LogP contribution is 2.42. The molecule has 0 atom stereocenters. The molecule has 0 aliphatic carbocycles. The fraction of sp³-hybridized carbons (Fsp3) is 0.125. The third-order valence-electron chi connectivity index (χ3n) is 6.34. The molecule has 184 valence electrons. The lowest BCUT2D eigenvalue weighted by Gasteiger charge is -2.17. The maximum absolute atomic E-state index is 14.0. The summed E-state index contributed by atoms with van der Waals surface area (Å²) in [5.74, 6) is -0.465. The molecule has 1 N–H and O–H groups in total. The second-order valence-corrected chi connectivity index (χ2v) is 9.24. The molecule has 0 aliphatic rings. The lowest BCUT2D eigenvalue weighted by atomic mass is 9.94. The Labute approximate surface area is 216 Å². The Morgan fingerprint density at radius 1 is 0.838 bits per heavy atom. The second kappa shape index (κ2) is 10.6. The molecule has 0 saturated carbocycles. The van der Waals surface area contributed by atoms with E-state index in [0.29, 0.717) is 12.1 Å². The van der Waals surface area contributed by atoms with Crippen LogP contribution in [0.4, 0.5) is 10.1 Å². The van der Waals surface area contributed by atoms with Crippen LogP contribution >= 0.6 is 0 Å². The fourth-order valence-corrected chi connectivity index (χ4v) is 4.79. The summed E-state index contributed by atoms with van der Waals surface area (Å²) in [6.45, 7) is 4.65. The van der Waals surface area contributed by atoms with Crippen molar-refractivity contribution >= 4 is 11.6 Å². The van der Waals surface area contributed by atoms with E-state index in [4.69, 9.17) is 0 Å². The minimum absolute atomic E-state index is 0.0249. The largest absolute Gasteiger partial charge is 0.337 e. The third kappa shape index (κ3) is 5.07. The minimum Gasteiger partial charge on any atom is -0.337 e. The van der Waals surface area contributed by atoms with Gasteiger partial charge in [0, 0.05) is 23.1 Å². The number of para-hydroxylation sites is 1. The fourth-order valence-electron chi connectivity index (χ4n) is 4.79. The summed E-state index contributed by atoms with van der Waals surface area (Å²) in [7, 11) is 0. The highest BCUT2D eigenvalue weighted by atomic mass is 19.1. The summed E-state index contributed by atoms with van der Waals surface area (Å²) in [6, 6.07) is 31.7. The summed E-state index contributed by atoms with van der Waals surface area (Å²) in [4.78, 5) is 18.6. The van der Waals surface area contributed by atoms with Crippen molar-refractivity contribution in [3.8, 4) is 22.4 Å². The van der Waals surface area contributed by atoms with Crippen molar-refractivity contribution in [3.63, 3.8) is 0 Å². The summed E-state index contributed by atoms with van der Waals surface area (Å²) >= 11 is 0. The molecular weight excluding hydrogens is 461 g/mol. The SMILES string of the molecule is CC(C)c1c(C(=O)Nc2ccccc2)c(-c2ccccc2)c(-c2ccc(F)cc2)n1Cc1ccccn1.